The molecule has 2 N–H and O–H groups in total. The summed E-state index contributed by atoms with van der Waals surface area (Å²) in [7, 11) is 1.69. The quantitative estimate of drug-likeness (QED) is 0.549. The zero-order chi connectivity index (χ0) is 27.1. The normalized spacial score (nSPS) is 25.0. The maximum absolute atomic E-state index is 14.0. The van der Waals surface area contributed by atoms with Crippen molar-refractivity contribution in [2.45, 2.75) is 71.1 Å². The molecule has 0 aromatic heterocycles. The van der Waals surface area contributed by atoms with Gasteiger partial charge >= 0.3 is 0 Å². The van der Waals surface area contributed by atoms with E-state index in [0.29, 0.717) is 19.5 Å². The molecule has 2 saturated heterocycles. The number of likely N-dealkylation sites (N-methyl/N-ethyl adjacent to an activating group) is 1. The van der Waals surface area contributed by atoms with Gasteiger partial charge in [-0.05, 0) is 50.8 Å². The van der Waals surface area contributed by atoms with Crippen LogP contribution in [0.2, 0.25) is 0 Å². The maximum Gasteiger partial charge on any atom is 0.246 e. The Morgan fingerprint density at radius 3 is 2.41 bits per heavy atom. The summed E-state index contributed by atoms with van der Waals surface area (Å²) in [6.45, 7) is 8.51. The van der Waals surface area contributed by atoms with Gasteiger partial charge in [-0.1, -0.05) is 20.8 Å². The monoisotopic (exact) mass is 520 g/mol. The first-order valence-corrected chi connectivity index (χ1v) is 13.1. The van der Waals surface area contributed by atoms with Crippen LogP contribution in [0, 0.1) is 28.9 Å². The number of benzene rings is 1. The topological polar surface area (TPSA) is 91.0 Å². The summed E-state index contributed by atoms with van der Waals surface area (Å²) >= 11 is 0. The van der Waals surface area contributed by atoms with E-state index >= 15 is 0 Å². The van der Waals surface area contributed by atoms with E-state index in [0.717, 1.165) is 25.0 Å². The summed E-state index contributed by atoms with van der Waals surface area (Å²) in [5, 5.41) is 5.83. The van der Waals surface area contributed by atoms with Gasteiger partial charge < -0.3 is 25.2 Å². The Bertz CT molecular complexity index is 1040. The van der Waals surface area contributed by atoms with Gasteiger partial charge in [0, 0.05) is 31.0 Å². The van der Waals surface area contributed by atoms with Crippen LogP contribution < -0.4 is 15.4 Å². The number of ether oxygens (including phenoxy) is 1. The largest absolute Gasteiger partial charge is 0.493 e. The predicted octanol–water partition coefficient (Wildman–Crippen LogP) is 2.32. The molecule has 1 aliphatic carbocycles. The summed E-state index contributed by atoms with van der Waals surface area (Å²) in [5.74, 6) is -2.26. The van der Waals surface area contributed by atoms with Crippen molar-refractivity contribution in [1.29, 1.82) is 0 Å². The Hall–Kier alpha value is -2.75. The Labute approximate surface area is 217 Å². The third-order valence-electron chi connectivity index (χ3n) is 7.81. The summed E-state index contributed by atoms with van der Waals surface area (Å²) in [6, 6.07) is 1.74. The van der Waals surface area contributed by atoms with Crippen molar-refractivity contribution in [3.8, 4) is 5.75 Å². The number of carbonyl (C=O) groups is 3. The predicted molar refractivity (Wildman–Crippen MR) is 134 cm³/mol. The highest BCUT2D eigenvalue weighted by Crippen LogP contribution is 2.41. The van der Waals surface area contributed by atoms with Gasteiger partial charge in [0.15, 0.2) is 11.6 Å². The average molecular weight is 521 g/mol. The molecule has 8 nitrogen and oxygen atoms in total. The number of fused-ring (bicyclic) bond motifs is 1. The van der Waals surface area contributed by atoms with E-state index in [1.54, 1.807) is 18.9 Å². The molecule has 10 heteroatoms. The van der Waals surface area contributed by atoms with E-state index in [1.165, 1.54) is 6.07 Å². The second-order valence-electron chi connectivity index (χ2n) is 11.6. The summed E-state index contributed by atoms with van der Waals surface area (Å²) < 4.78 is 32.9. The number of hydrogen-bond donors (Lipinski definition) is 2. The summed E-state index contributed by atoms with van der Waals surface area (Å²) in [5.41, 5.74) is -0.544. The fourth-order valence-corrected chi connectivity index (χ4v) is 5.41. The van der Waals surface area contributed by atoms with E-state index in [1.807, 2.05) is 25.7 Å². The Morgan fingerprint density at radius 1 is 1.11 bits per heavy atom. The minimum Gasteiger partial charge on any atom is -0.493 e. The van der Waals surface area contributed by atoms with Crippen LogP contribution in [0.1, 0.15) is 47.0 Å². The van der Waals surface area contributed by atoms with Crippen LogP contribution in [-0.2, 0) is 14.4 Å². The number of nitrogens with one attached hydrogen (secondary N) is 2. The first kappa shape index (κ1) is 27.3. The first-order chi connectivity index (χ1) is 17.4. The van der Waals surface area contributed by atoms with Gasteiger partial charge in [0.2, 0.25) is 17.7 Å². The van der Waals surface area contributed by atoms with Crippen LogP contribution in [0.25, 0.3) is 0 Å². The van der Waals surface area contributed by atoms with Gasteiger partial charge in [-0.15, -0.1) is 0 Å². The molecular formula is C27H38F2N4O4. The van der Waals surface area contributed by atoms with Crippen molar-refractivity contribution in [2.75, 3.05) is 26.7 Å². The van der Waals surface area contributed by atoms with Crippen molar-refractivity contribution < 1.29 is 27.9 Å². The number of halogens is 2. The zero-order valence-electron chi connectivity index (χ0n) is 22.2. The molecule has 0 spiro atoms. The van der Waals surface area contributed by atoms with Gasteiger partial charge in [-0.25, -0.2) is 8.78 Å². The molecule has 2 aliphatic heterocycles. The van der Waals surface area contributed by atoms with Gasteiger partial charge in [0.25, 0.3) is 0 Å². The number of carbonyl (C=O) groups excluding carboxylic acids is 3. The van der Waals surface area contributed by atoms with Crippen molar-refractivity contribution in [3.05, 3.63) is 29.8 Å². The molecule has 3 amide bonds. The van der Waals surface area contributed by atoms with Gasteiger partial charge in [-0.2, -0.15) is 0 Å². The third kappa shape index (κ3) is 5.73. The van der Waals surface area contributed by atoms with Crippen LogP contribution in [0.15, 0.2) is 18.2 Å². The van der Waals surface area contributed by atoms with E-state index in [-0.39, 0.29) is 54.0 Å². The lowest BCUT2D eigenvalue weighted by atomic mass is 9.85. The molecule has 37 heavy (non-hydrogen) atoms. The zero-order valence-corrected chi connectivity index (χ0v) is 22.2. The fourth-order valence-electron chi connectivity index (χ4n) is 5.41. The van der Waals surface area contributed by atoms with E-state index in [4.69, 9.17) is 4.74 Å². The van der Waals surface area contributed by atoms with Crippen LogP contribution in [0.5, 0.6) is 5.75 Å². The highest BCUT2D eigenvalue weighted by molar-refractivity contribution is 5.91. The van der Waals surface area contributed by atoms with Crippen LogP contribution in [0.4, 0.5) is 8.78 Å². The lowest BCUT2D eigenvalue weighted by molar-refractivity contribution is -0.141. The fraction of sp³-hybridized carbons (Fsp3) is 0.667. The number of hydrogen-bond acceptors (Lipinski definition) is 5. The molecule has 3 aliphatic rings. The second-order valence-corrected chi connectivity index (χ2v) is 11.6. The van der Waals surface area contributed by atoms with Crippen LogP contribution in [-0.4, -0.2) is 78.4 Å². The van der Waals surface area contributed by atoms with Gasteiger partial charge in [0.05, 0.1) is 24.7 Å². The Balaban J connectivity index is 1.56. The van der Waals surface area contributed by atoms with Crippen molar-refractivity contribution >= 4 is 17.7 Å². The smallest absolute Gasteiger partial charge is 0.246 e. The van der Waals surface area contributed by atoms with E-state index in [9.17, 15) is 23.2 Å². The molecule has 204 valence electrons. The third-order valence-corrected chi connectivity index (χ3v) is 7.81. The molecule has 1 aromatic rings. The second kappa shape index (κ2) is 10.6. The molecule has 1 unspecified atom stereocenters. The molecule has 0 radical (unpaired) electrons. The highest BCUT2D eigenvalue weighted by Gasteiger charge is 2.54. The Kier molecular flexibility index (Phi) is 7.78. The molecule has 2 heterocycles. The average Bonchev–Trinajstić information content (AvgIpc) is 3.51. The summed E-state index contributed by atoms with van der Waals surface area (Å²) in [6.07, 6.45) is 2.41. The van der Waals surface area contributed by atoms with Crippen molar-refractivity contribution in [3.63, 3.8) is 0 Å². The summed E-state index contributed by atoms with van der Waals surface area (Å²) in [4.78, 5) is 43.5. The first-order valence-electron chi connectivity index (χ1n) is 13.1. The minimum absolute atomic E-state index is 0.0425. The molecule has 1 saturated carbocycles. The van der Waals surface area contributed by atoms with Gasteiger partial charge in [-0.3, -0.25) is 14.4 Å². The van der Waals surface area contributed by atoms with Crippen molar-refractivity contribution in [2.24, 2.45) is 17.3 Å². The number of nitrogens with zero attached hydrogens (tertiary/aromatic N) is 2. The lowest BCUT2D eigenvalue weighted by Crippen LogP contribution is -2.59. The van der Waals surface area contributed by atoms with Crippen LogP contribution >= 0.6 is 0 Å². The number of rotatable bonds is 8. The molecule has 4 rings (SSSR count). The van der Waals surface area contributed by atoms with Crippen molar-refractivity contribution in [1.82, 2.24) is 20.4 Å². The minimum atomic E-state index is -0.996. The molecule has 0 bridgehead atoms. The van der Waals surface area contributed by atoms with Gasteiger partial charge in [0.1, 0.15) is 11.8 Å². The molecule has 5 atom stereocenters. The highest BCUT2D eigenvalue weighted by atomic mass is 19.2. The standard InChI is InChI=1S/C27H38F2N4O4/c1-15(30-5)24(34)31-23(27(2,3)4)26(36)32-11-10-21-22(32)17(13-33(21)25(35)16-6-7-16)14-37-18-8-9-19(28)20(29)12-18/h8-9,12,15-17,21-23,30H,6-7,10-11,13-14H2,1-5H3,(H,31,34)/t15-,17+,21?,22+,23+/m0/s1. The number of likely N-dealkylation sites (tertiary alicyclic amines) is 2. The van der Waals surface area contributed by atoms with E-state index in [2.05, 4.69) is 10.6 Å². The number of amides is 3. The lowest BCUT2D eigenvalue weighted by Gasteiger charge is -2.37. The van der Waals surface area contributed by atoms with Crippen LogP contribution in [0.3, 0.4) is 0 Å². The molecule has 1 aromatic carbocycles. The SMILES string of the molecule is CN[C@@H](C)C(=O)N[C@H](C(=O)N1CCC2[C@H]1[C@@H](COc1ccc(F)c(F)c1)CN2C(=O)C1CC1)C(C)(C)C. The maximum atomic E-state index is 14.0. The Morgan fingerprint density at radius 2 is 1.81 bits per heavy atom. The molecule has 3 fully saturated rings. The molecular weight excluding hydrogens is 482 g/mol. The van der Waals surface area contributed by atoms with E-state index < -0.39 is 29.1 Å².